The minimum Gasteiger partial charge on any atom is -0.249 e. The summed E-state index contributed by atoms with van der Waals surface area (Å²) < 4.78 is 0. The molecule has 0 amide bonds. The highest BCUT2D eigenvalue weighted by Gasteiger charge is 1.91. The Morgan fingerprint density at radius 2 is 2.67 bits per heavy atom. The van der Waals surface area contributed by atoms with E-state index >= 15 is 0 Å². The Labute approximate surface area is 59.8 Å². The summed E-state index contributed by atoms with van der Waals surface area (Å²) in [5.41, 5.74) is 0. The highest BCUT2D eigenvalue weighted by Crippen LogP contribution is 2.06. The van der Waals surface area contributed by atoms with Gasteiger partial charge in [-0.25, -0.2) is 4.98 Å². The first kappa shape index (κ1) is 6.75. The lowest BCUT2D eigenvalue weighted by molar-refractivity contribution is 0.790. The molecule has 0 fully saturated rings. The number of hydrogen-bond donors (Lipinski definition) is 0. The summed E-state index contributed by atoms with van der Waals surface area (Å²) in [7, 11) is 0. The molecule has 1 radical (unpaired) electrons. The van der Waals surface area contributed by atoms with E-state index in [4.69, 9.17) is 0 Å². The van der Waals surface area contributed by atoms with Gasteiger partial charge in [-0.2, -0.15) is 0 Å². The summed E-state index contributed by atoms with van der Waals surface area (Å²) >= 11 is 1.63. The predicted octanol–water partition coefficient (Wildman–Crippen LogP) is 2.29. The number of aryl methyl sites for hydroxylation is 1. The number of aromatic nitrogens is 1. The molecule has 0 aliphatic rings. The fourth-order valence-corrected chi connectivity index (χ4v) is 1.26. The van der Waals surface area contributed by atoms with Crippen LogP contribution in [0.4, 0.5) is 0 Å². The molecule has 0 saturated carbocycles. The summed E-state index contributed by atoms with van der Waals surface area (Å²) in [6.07, 6.45) is 5.38. The van der Waals surface area contributed by atoms with Crippen LogP contribution < -0.4 is 0 Å². The Hall–Kier alpha value is -0.370. The topological polar surface area (TPSA) is 12.9 Å². The monoisotopic (exact) mass is 140 g/mol. The molecular formula is C7H10NS. The molecule has 1 aromatic heterocycles. The van der Waals surface area contributed by atoms with Crippen LogP contribution in [0.1, 0.15) is 24.8 Å². The SMILES string of the molecule is CCCCc1nc[c]s1. The second-order valence-electron chi connectivity index (χ2n) is 1.98. The van der Waals surface area contributed by atoms with Gasteiger partial charge in [0.15, 0.2) is 0 Å². The zero-order valence-electron chi connectivity index (χ0n) is 5.55. The smallest absolute Gasteiger partial charge is 0.0931 e. The van der Waals surface area contributed by atoms with Crippen molar-refractivity contribution in [3.8, 4) is 0 Å². The molecule has 1 heterocycles. The number of unbranched alkanes of at least 4 members (excludes halogenated alkanes) is 1. The zero-order valence-corrected chi connectivity index (χ0v) is 6.37. The van der Waals surface area contributed by atoms with Crippen molar-refractivity contribution in [2.24, 2.45) is 0 Å². The summed E-state index contributed by atoms with van der Waals surface area (Å²) in [5, 5.41) is 4.19. The van der Waals surface area contributed by atoms with Gasteiger partial charge in [0.2, 0.25) is 0 Å². The van der Waals surface area contributed by atoms with E-state index in [0.717, 1.165) is 6.42 Å². The molecular weight excluding hydrogens is 130 g/mol. The molecule has 0 aromatic carbocycles. The number of nitrogens with zero attached hydrogens (tertiary/aromatic N) is 1. The quantitative estimate of drug-likeness (QED) is 0.627. The third-order valence-electron chi connectivity index (χ3n) is 1.18. The molecule has 0 atom stereocenters. The molecule has 2 heteroatoms. The van der Waals surface area contributed by atoms with E-state index in [1.165, 1.54) is 17.8 Å². The van der Waals surface area contributed by atoms with E-state index in [0.29, 0.717) is 0 Å². The van der Waals surface area contributed by atoms with Gasteiger partial charge in [0, 0.05) is 6.20 Å². The van der Waals surface area contributed by atoms with Crippen molar-refractivity contribution in [3.05, 3.63) is 16.6 Å². The molecule has 0 aliphatic heterocycles. The molecule has 0 bridgehead atoms. The van der Waals surface area contributed by atoms with Gasteiger partial charge in [-0.3, -0.25) is 0 Å². The van der Waals surface area contributed by atoms with Gasteiger partial charge in [0.25, 0.3) is 0 Å². The van der Waals surface area contributed by atoms with Crippen LogP contribution >= 0.6 is 11.3 Å². The normalized spacial score (nSPS) is 9.89. The van der Waals surface area contributed by atoms with Crippen LogP contribution in [0.15, 0.2) is 6.20 Å². The lowest BCUT2D eigenvalue weighted by atomic mass is 10.3. The van der Waals surface area contributed by atoms with Crippen molar-refractivity contribution in [1.82, 2.24) is 4.98 Å². The molecule has 0 saturated heterocycles. The molecule has 0 spiro atoms. The fraction of sp³-hybridized carbons (Fsp3) is 0.571. The van der Waals surface area contributed by atoms with Crippen LogP contribution in [0.25, 0.3) is 0 Å². The maximum atomic E-state index is 4.12. The Morgan fingerprint density at radius 3 is 3.22 bits per heavy atom. The second-order valence-corrected chi connectivity index (χ2v) is 2.89. The summed E-state index contributed by atoms with van der Waals surface area (Å²) in [4.78, 5) is 4.12. The van der Waals surface area contributed by atoms with Crippen molar-refractivity contribution in [3.63, 3.8) is 0 Å². The van der Waals surface area contributed by atoms with Gasteiger partial charge in [-0.15, -0.1) is 11.3 Å². The Bertz CT molecular complexity index is 146. The van der Waals surface area contributed by atoms with Crippen LogP contribution in [-0.4, -0.2) is 4.98 Å². The van der Waals surface area contributed by atoms with Gasteiger partial charge in [-0.05, 0) is 12.8 Å². The largest absolute Gasteiger partial charge is 0.249 e. The molecule has 0 N–H and O–H groups in total. The molecule has 49 valence electrons. The van der Waals surface area contributed by atoms with Crippen molar-refractivity contribution in [1.29, 1.82) is 0 Å². The number of rotatable bonds is 3. The minimum atomic E-state index is 1.13. The summed E-state index contributed by atoms with van der Waals surface area (Å²) in [6, 6.07) is 0. The van der Waals surface area contributed by atoms with Crippen LogP contribution in [0.2, 0.25) is 0 Å². The molecule has 1 aromatic rings. The maximum Gasteiger partial charge on any atom is 0.0931 e. The summed E-state index contributed by atoms with van der Waals surface area (Å²) in [6.45, 7) is 2.19. The first-order chi connectivity index (χ1) is 4.43. The first-order valence-corrected chi connectivity index (χ1v) is 4.06. The lowest BCUT2D eigenvalue weighted by Crippen LogP contribution is -1.80. The standard InChI is InChI=1S/C7H10NS/c1-2-3-4-7-8-5-6-9-7/h5H,2-4H2,1H3. The second kappa shape index (κ2) is 3.62. The van der Waals surface area contributed by atoms with E-state index in [1.54, 1.807) is 17.5 Å². The van der Waals surface area contributed by atoms with E-state index in [9.17, 15) is 0 Å². The summed E-state index contributed by atoms with van der Waals surface area (Å²) in [5.74, 6) is 0. The Morgan fingerprint density at radius 1 is 1.78 bits per heavy atom. The lowest BCUT2D eigenvalue weighted by Gasteiger charge is -1.88. The Balaban J connectivity index is 2.30. The molecule has 0 unspecified atom stereocenters. The average Bonchev–Trinajstić information content (AvgIpc) is 2.34. The van der Waals surface area contributed by atoms with Gasteiger partial charge in [-0.1, -0.05) is 13.3 Å². The highest BCUT2D eigenvalue weighted by molar-refractivity contribution is 7.09. The third kappa shape index (κ3) is 2.14. The minimum absolute atomic E-state index is 1.13. The molecule has 0 aliphatic carbocycles. The van der Waals surface area contributed by atoms with E-state index in [-0.39, 0.29) is 0 Å². The molecule has 1 rings (SSSR count). The van der Waals surface area contributed by atoms with Gasteiger partial charge < -0.3 is 0 Å². The highest BCUT2D eigenvalue weighted by atomic mass is 32.1. The Kier molecular flexibility index (Phi) is 2.71. The van der Waals surface area contributed by atoms with E-state index in [1.807, 2.05) is 0 Å². The van der Waals surface area contributed by atoms with Crippen LogP contribution in [0.3, 0.4) is 0 Å². The van der Waals surface area contributed by atoms with Gasteiger partial charge in [0.05, 0.1) is 10.4 Å². The first-order valence-electron chi connectivity index (χ1n) is 3.24. The van der Waals surface area contributed by atoms with Crippen molar-refractivity contribution < 1.29 is 0 Å². The van der Waals surface area contributed by atoms with Crippen molar-refractivity contribution in [2.75, 3.05) is 0 Å². The fourth-order valence-electron chi connectivity index (χ4n) is 0.663. The van der Waals surface area contributed by atoms with Crippen LogP contribution in [-0.2, 0) is 6.42 Å². The number of thiazole rings is 1. The third-order valence-corrected chi connectivity index (χ3v) is 1.95. The molecule has 9 heavy (non-hydrogen) atoms. The van der Waals surface area contributed by atoms with Gasteiger partial charge in [0.1, 0.15) is 0 Å². The van der Waals surface area contributed by atoms with E-state index < -0.39 is 0 Å². The van der Waals surface area contributed by atoms with Gasteiger partial charge >= 0.3 is 0 Å². The molecule has 1 nitrogen and oxygen atoms in total. The van der Waals surface area contributed by atoms with Crippen molar-refractivity contribution >= 4 is 11.3 Å². The van der Waals surface area contributed by atoms with Crippen LogP contribution in [0.5, 0.6) is 0 Å². The average molecular weight is 140 g/mol. The van der Waals surface area contributed by atoms with Crippen molar-refractivity contribution in [2.45, 2.75) is 26.2 Å². The van der Waals surface area contributed by atoms with Crippen LogP contribution in [0, 0.1) is 5.38 Å². The number of hydrogen-bond acceptors (Lipinski definition) is 2. The zero-order chi connectivity index (χ0) is 6.53. The maximum absolute atomic E-state index is 4.12. The predicted molar refractivity (Wildman–Crippen MR) is 39.6 cm³/mol. The van der Waals surface area contributed by atoms with E-state index in [2.05, 4.69) is 17.3 Å².